The van der Waals surface area contributed by atoms with Crippen molar-refractivity contribution in [2.75, 3.05) is 33.0 Å². The van der Waals surface area contributed by atoms with Gasteiger partial charge >= 0.3 is 5.97 Å². The fourth-order valence-corrected chi connectivity index (χ4v) is 3.33. The van der Waals surface area contributed by atoms with Crippen LogP contribution >= 0.6 is 0 Å². The topological polar surface area (TPSA) is 111 Å². The highest BCUT2D eigenvalue weighted by Crippen LogP contribution is 2.23. The maximum Gasteiger partial charge on any atom is 0.339 e. The number of carboxylic acids is 1. The van der Waals surface area contributed by atoms with Crippen molar-refractivity contribution >= 4 is 16.0 Å². The predicted molar refractivity (Wildman–Crippen MR) is 80.3 cm³/mol. The summed E-state index contributed by atoms with van der Waals surface area (Å²) < 4.78 is 42.9. The number of nitrogens with one attached hydrogen (secondary N) is 1. The lowest BCUT2D eigenvalue weighted by Gasteiger charge is -2.16. The Morgan fingerprint density at radius 2 is 2.00 bits per heavy atom. The summed E-state index contributed by atoms with van der Waals surface area (Å²) in [5.41, 5.74) is -0.205. The first-order valence-corrected chi connectivity index (χ1v) is 8.60. The minimum Gasteiger partial charge on any atom is -0.493 e. The molecular formula is C14H19NO7S. The van der Waals surface area contributed by atoms with Gasteiger partial charge in [-0.2, -0.15) is 0 Å². The van der Waals surface area contributed by atoms with E-state index in [4.69, 9.17) is 14.2 Å². The van der Waals surface area contributed by atoms with E-state index in [-0.39, 0.29) is 36.0 Å². The van der Waals surface area contributed by atoms with Crippen molar-refractivity contribution in [3.63, 3.8) is 0 Å². The molecule has 1 aromatic rings. The second-order valence-corrected chi connectivity index (χ2v) is 6.58. The summed E-state index contributed by atoms with van der Waals surface area (Å²) in [7, 11) is -3.89. The van der Waals surface area contributed by atoms with Gasteiger partial charge in [0.05, 0.1) is 44.0 Å². The van der Waals surface area contributed by atoms with Gasteiger partial charge in [-0.1, -0.05) is 0 Å². The summed E-state index contributed by atoms with van der Waals surface area (Å²) in [6.45, 7) is 3.20. The molecule has 0 radical (unpaired) electrons. The molecule has 1 heterocycles. The largest absolute Gasteiger partial charge is 0.493 e. The summed E-state index contributed by atoms with van der Waals surface area (Å²) in [4.78, 5) is 11.1. The number of carbonyl (C=O) groups is 1. The molecule has 0 unspecified atom stereocenters. The fraction of sp³-hybridized carbons (Fsp3) is 0.500. The minimum absolute atomic E-state index is 0.125. The Morgan fingerprint density at radius 3 is 2.57 bits per heavy atom. The summed E-state index contributed by atoms with van der Waals surface area (Å²) in [6.07, 6.45) is 0. The molecule has 0 spiro atoms. The highest BCUT2D eigenvalue weighted by Gasteiger charge is 2.24. The highest BCUT2D eigenvalue weighted by molar-refractivity contribution is 7.89. The van der Waals surface area contributed by atoms with E-state index in [0.29, 0.717) is 13.2 Å². The lowest BCUT2D eigenvalue weighted by molar-refractivity contribution is 0.0692. The molecule has 0 aliphatic carbocycles. The van der Waals surface area contributed by atoms with Gasteiger partial charge in [-0.3, -0.25) is 0 Å². The van der Waals surface area contributed by atoms with Crippen LogP contribution < -0.4 is 9.46 Å². The third-order valence-electron chi connectivity index (χ3n) is 3.12. The van der Waals surface area contributed by atoms with Gasteiger partial charge < -0.3 is 19.3 Å². The van der Waals surface area contributed by atoms with Gasteiger partial charge in [0.2, 0.25) is 10.0 Å². The number of benzene rings is 1. The number of ether oxygens (including phenoxy) is 3. The van der Waals surface area contributed by atoms with Crippen molar-refractivity contribution in [3.8, 4) is 5.75 Å². The number of aromatic carboxylic acids is 1. The fourth-order valence-electron chi connectivity index (χ4n) is 2.10. The van der Waals surface area contributed by atoms with Crippen LogP contribution in [0.25, 0.3) is 0 Å². The molecule has 0 atom stereocenters. The molecule has 8 nitrogen and oxygen atoms in total. The summed E-state index contributed by atoms with van der Waals surface area (Å²) >= 11 is 0. The van der Waals surface area contributed by atoms with Crippen LogP contribution in [0.1, 0.15) is 17.3 Å². The molecule has 2 rings (SSSR count). The minimum atomic E-state index is -3.89. The van der Waals surface area contributed by atoms with Crippen molar-refractivity contribution in [1.29, 1.82) is 0 Å². The second-order valence-electron chi connectivity index (χ2n) is 4.86. The van der Waals surface area contributed by atoms with Crippen molar-refractivity contribution in [1.82, 2.24) is 4.72 Å². The molecule has 128 valence electrons. The molecule has 0 aromatic heterocycles. The third kappa shape index (κ3) is 4.64. The Balaban J connectivity index is 2.24. The van der Waals surface area contributed by atoms with E-state index in [1.54, 1.807) is 6.92 Å². The van der Waals surface area contributed by atoms with Crippen LogP contribution in [0, 0.1) is 0 Å². The van der Waals surface area contributed by atoms with Gasteiger partial charge in [0.25, 0.3) is 0 Å². The van der Waals surface area contributed by atoms with Gasteiger partial charge in [0.1, 0.15) is 11.3 Å². The molecule has 1 aromatic carbocycles. The van der Waals surface area contributed by atoms with E-state index < -0.39 is 22.0 Å². The first-order valence-electron chi connectivity index (χ1n) is 7.12. The molecule has 1 fully saturated rings. The second kappa shape index (κ2) is 7.73. The molecule has 2 N–H and O–H groups in total. The van der Waals surface area contributed by atoms with E-state index in [0.717, 1.165) is 6.07 Å². The molecular weight excluding hydrogens is 326 g/mol. The van der Waals surface area contributed by atoms with Gasteiger partial charge in [-0.15, -0.1) is 0 Å². The zero-order valence-corrected chi connectivity index (χ0v) is 13.5. The van der Waals surface area contributed by atoms with Crippen LogP contribution in [0.3, 0.4) is 0 Å². The molecule has 1 aliphatic heterocycles. The van der Waals surface area contributed by atoms with Gasteiger partial charge in [0, 0.05) is 0 Å². The quantitative estimate of drug-likeness (QED) is 0.771. The summed E-state index contributed by atoms with van der Waals surface area (Å²) in [5, 5.41) is 9.21. The first-order chi connectivity index (χ1) is 10.9. The van der Waals surface area contributed by atoms with E-state index >= 15 is 0 Å². The molecule has 9 heteroatoms. The van der Waals surface area contributed by atoms with Crippen molar-refractivity contribution in [2.24, 2.45) is 0 Å². The standard InChI is InChI=1S/C14H19NO7S/c1-2-22-13-4-3-11(7-12(13)14(16)17)23(18,19)15-10-8-20-5-6-21-9-10/h3-4,7,10,15H,2,5-6,8-9H2,1H3,(H,16,17). The monoisotopic (exact) mass is 345 g/mol. The van der Waals surface area contributed by atoms with E-state index in [1.165, 1.54) is 12.1 Å². The number of hydrogen-bond acceptors (Lipinski definition) is 6. The number of hydrogen-bond donors (Lipinski definition) is 2. The van der Waals surface area contributed by atoms with Gasteiger partial charge in [0.15, 0.2) is 0 Å². The smallest absolute Gasteiger partial charge is 0.339 e. The first kappa shape index (κ1) is 17.7. The molecule has 0 amide bonds. The molecule has 1 aliphatic rings. The molecule has 0 saturated carbocycles. The maximum atomic E-state index is 12.4. The number of sulfonamides is 1. The van der Waals surface area contributed by atoms with Crippen molar-refractivity contribution < 1.29 is 32.5 Å². The van der Waals surface area contributed by atoms with Crippen LogP contribution in [0.2, 0.25) is 0 Å². The Labute approximate surface area is 134 Å². The molecule has 23 heavy (non-hydrogen) atoms. The molecule has 0 bridgehead atoms. The average molecular weight is 345 g/mol. The maximum absolute atomic E-state index is 12.4. The number of rotatable bonds is 6. The third-order valence-corrected chi connectivity index (χ3v) is 4.64. The average Bonchev–Trinajstić information content (AvgIpc) is 2.75. The van der Waals surface area contributed by atoms with Crippen LogP contribution in [0.15, 0.2) is 23.1 Å². The lowest BCUT2D eigenvalue weighted by atomic mass is 10.2. The Bertz CT molecular complexity index is 651. The van der Waals surface area contributed by atoms with Crippen LogP contribution in [0.4, 0.5) is 0 Å². The van der Waals surface area contributed by atoms with E-state index in [9.17, 15) is 18.3 Å². The van der Waals surface area contributed by atoms with Crippen molar-refractivity contribution in [2.45, 2.75) is 17.9 Å². The Hall–Kier alpha value is -1.68. The van der Waals surface area contributed by atoms with Crippen LogP contribution in [-0.2, 0) is 19.5 Å². The SMILES string of the molecule is CCOc1ccc(S(=O)(=O)NC2COCCOC2)cc1C(=O)O. The van der Waals surface area contributed by atoms with Crippen LogP contribution in [0.5, 0.6) is 5.75 Å². The zero-order valence-electron chi connectivity index (χ0n) is 12.6. The zero-order chi connectivity index (χ0) is 16.9. The molecule has 1 saturated heterocycles. The van der Waals surface area contributed by atoms with Crippen molar-refractivity contribution in [3.05, 3.63) is 23.8 Å². The summed E-state index contributed by atoms with van der Waals surface area (Å²) in [5.74, 6) is -1.13. The normalized spacial score (nSPS) is 16.7. The van der Waals surface area contributed by atoms with E-state index in [2.05, 4.69) is 4.72 Å². The Kier molecular flexibility index (Phi) is 5.94. The predicted octanol–water partition coefficient (Wildman–Crippen LogP) is 0.477. The van der Waals surface area contributed by atoms with Gasteiger partial charge in [-0.05, 0) is 25.1 Å². The Morgan fingerprint density at radius 1 is 1.35 bits per heavy atom. The van der Waals surface area contributed by atoms with Gasteiger partial charge in [-0.25, -0.2) is 17.9 Å². The lowest BCUT2D eigenvalue weighted by Crippen LogP contribution is -2.40. The van der Waals surface area contributed by atoms with E-state index in [1.807, 2.05) is 0 Å². The van der Waals surface area contributed by atoms with Crippen LogP contribution in [-0.4, -0.2) is 58.6 Å². The summed E-state index contributed by atoms with van der Waals surface area (Å²) in [6, 6.07) is 3.19. The highest BCUT2D eigenvalue weighted by atomic mass is 32.2. The number of carboxylic acid groups (broad SMARTS) is 1.